The highest BCUT2D eigenvalue weighted by Crippen LogP contribution is 2.34. The fourth-order valence-corrected chi connectivity index (χ4v) is 6.35. The van der Waals surface area contributed by atoms with Crippen molar-refractivity contribution in [2.75, 3.05) is 30.8 Å². The molecule has 0 spiro atoms. The number of nitrogens with one attached hydrogen (secondary N) is 4. The molecule has 1 fully saturated rings. The highest BCUT2D eigenvalue weighted by Gasteiger charge is 2.38. The van der Waals surface area contributed by atoms with Crippen molar-refractivity contribution in [3.05, 3.63) is 76.6 Å². The van der Waals surface area contributed by atoms with Crippen LogP contribution in [0.2, 0.25) is 10.0 Å². The van der Waals surface area contributed by atoms with Crippen molar-refractivity contribution in [1.29, 1.82) is 0 Å². The van der Waals surface area contributed by atoms with Crippen molar-refractivity contribution in [2.45, 2.75) is 30.0 Å². The Balaban J connectivity index is 0.000000804. The van der Waals surface area contributed by atoms with Crippen molar-refractivity contribution < 1.29 is 50.6 Å². The number of H-pyrrole nitrogens is 1. The van der Waals surface area contributed by atoms with Gasteiger partial charge in [-0.05, 0) is 49.2 Å². The lowest BCUT2D eigenvalue weighted by Gasteiger charge is -2.31. The first-order valence-corrected chi connectivity index (χ1v) is 15.7. The molecule has 4 rings (SSSR count). The maximum absolute atomic E-state index is 13.2. The first kappa shape index (κ1) is 37.8. The normalized spacial score (nSPS) is 13.8. The number of ether oxygens (including phenoxy) is 1. The van der Waals surface area contributed by atoms with Crippen LogP contribution >= 0.6 is 23.2 Å². The predicted molar refractivity (Wildman–Crippen MR) is 168 cm³/mol. The molecule has 0 aliphatic carbocycles. The summed E-state index contributed by atoms with van der Waals surface area (Å²) in [5.41, 5.74) is 0.409. The number of halogens is 5. The Hall–Kier alpha value is -4.65. The second kappa shape index (κ2) is 16.0. The topological polar surface area (TPSA) is 200 Å². The van der Waals surface area contributed by atoms with Crippen molar-refractivity contribution >= 4 is 68.3 Å². The standard InChI is InChI=1S/C26H26Cl2N6O6S.C2HF3O2/c1-3-21(35)30-16-5-4-6-17(13-16)41(38,39)34-11-9-15(10-12-34)31-26(37)24-19(14-29-33-24)32-25(36)22-18(27)7-8-20(40-2)23(22)28;3-2(4,5)1(6)7/h3-8,13-15H,1,9-12H2,2H3,(H,29,33)(H,30,35)(H,31,37)(H,32,36);(H,6,7). The number of aliphatic carboxylic acids is 1. The Bertz CT molecular complexity index is 1810. The maximum atomic E-state index is 13.2. The van der Waals surface area contributed by atoms with E-state index in [9.17, 15) is 36.0 Å². The number of benzene rings is 2. The van der Waals surface area contributed by atoms with Crippen molar-refractivity contribution in [3.8, 4) is 5.75 Å². The molecule has 14 nitrogen and oxygen atoms in total. The van der Waals surface area contributed by atoms with Gasteiger partial charge in [-0.3, -0.25) is 19.5 Å². The van der Waals surface area contributed by atoms with Crippen LogP contribution in [0.15, 0.2) is 60.1 Å². The van der Waals surface area contributed by atoms with E-state index < -0.39 is 39.9 Å². The molecule has 1 aliphatic rings. The van der Waals surface area contributed by atoms with Crippen molar-refractivity contribution in [1.82, 2.24) is 19.8 Å². The lowest BCUT2D eigenvalue weighted by molar-refractivity contribution is -0.192. The number of carboxylic acids is 1. The van der Waals surface area contributed by atoms with E-state index in [1.165, 1.54) is 47.9 Å². The Kier molecular flexibility index (Phi) is 12.6. The zero-order valence-corrected chi connectivity index (χ0v) is 27.1. The van der Waals surface area contributed by atoms with Gasteiger partial charge in [0.2, 0.25) is 15.9 Å². The third-order valence-corrected chi connectivity index (χ3v) is 9.16. The van der Waals surface area contributed by atoms with Crippen LogP contribution in [0.4, 0.5) is 24.5 Å². The van der Waals surface area contributed by atoms with Gasteiger partial charge in [-0.25, -0.2) is 13.2 Å². The summed E-state index contributed by atoms with van der Waals surface area (Å²) < 4.78 is 64.6. The molecule has 48 heavy (non-hydrogen) atoms. The van der Waals surface area contributed by atoms with Crippen LogP contribution in [0.3, 0.4) is 0 Å². The number of carbonyl (C=O) groups excluding carboxylic acids is 3. The molecule has 1 aliphatic heterocycles. The molecule has 3 amide bonds. The smallest absolute Gasteiger partial charge is 0.490 e. The molecule has 20 heteroatoms. The van der Waals surface area contributed by atoms with E-state index >= 15 is 0 Å². The largest absolute Gasteiger partial charge is 0.495 e. The van der Waals surface area contributed by atoms with Crippen LogP contribution in [-0.2, 0) is 19.6 Å². The molecule has 5 N–H and O–H groups in total. The molecular formula is C28H27Cl2F3N6O8S. The number of hydrogen-bond acceptors (Lipinski definition) is 8. The first-order valence-electron chi connectivity index (χ1n) is 13.5. The first-order chi connectivity index (χ1) is 22.5. The molecule has 0 unspecified atom stereocenters. The average Bonchev–Trinajstić information content (AvgIpc) is 3.49. The minimum atomic E-state index is -5.08. The van der Waals surface area contributed by atoms with E-state index in [0.717, 1.165) is 6.08 Å². The minimum Gasteiger partial charge on any atom is -0.495 e. The second-order valence-electron chi connectivity index (χ2n) is 9.73. The molecule has 3 aromatic rings. The SMILES string of the molecule is C=CC(=O)Nc1cccc(S(=O)(=O)N2CCC(NC(=O)c3[nH]ncc3NC(=O)c3c(Cl)ccc(OC)c3Cl)CC2)c1.O=C(O)C(F)(F)F. The number of piperidine rings is 1. The van der Waals surface area contributed by atoms with Crippen LogP contribution < -0.4 is 20.7 Å². The number of aromatic amines is 1. The summed E-state index contributed by atoms with van der Waals surface area (Å²) in [4.78, 5) is 46.5. The summed E-state index contributed by atoms with van der Waals surface area (Å²) in [6, 6.07) is 8.60. The number of alkyl halides is 3. The fraction of sp³-hybridized carbons (Fsp3) is 0.250. The maximum Gasteiger partial charge on any atom is 0.490 e. The summed E-state index contributed by atoms with van der Waals surface area (Å²) in [5.74, 6) is -4.16. The van der Waals surface area contributed by atoms with E-state index in [0.29, 0.717) is 18.5 Å². The predicted octanol–water partition coefficient (Wildman–Crippen LogP) is 4.32. The van der Waals surface area contributed by atoms with Crippen LogP contribution in [0, 0.1) is 0 Å². The van der Waals surface area contributed by atoms with Gasteiger partial charge in [0.15, 0.2) is 0 Å². The molecule has 1 saturated heterocycles. The average molecular weight is 736 g/mol. The van der Waals surface area contributed by atoms with Crippen LogP contribution in [0.5, 0.6) is 5.75 Å². The van der Waals surface area contributed by atoms with Gasteiger partial charge in [0.25, 0.3) is 11.8 Å². The molecule has 0 saturated carbocycles. The molecule has 1 aromatic heterocycles. The van der Waals surface area contributed by atoms with Gasteiger partial charge in [0, 0.05) is 24.8 Å². The summed E-state index contributed by atoms with van der Waals surface area (Å²) in [7, 11) is -2.43. The number of amides is 3. The number of nitrogens with zero attached hydrogens (tertiary/aromatic N) is 2. The van der Waals surface area contributed by atoms with Crippen LogP contribution in [0.25, 0.3) is 0 Å². The molecular weight excluding hydrogens is 708 g/mol. The fourth-order valence-electron chi connectivity index (χ4n) is 4.21. The minimum absolute atomic E-state index is 0.00179. The lowest BCUT2D eigenvalue weighted by Crippen LogP contribution is -2.46. The van der Waals surface area contributed by atoms with E-state index in [-0.39, 0.29) is 56.8 Å². The highest BCUT2D eigenvalue weighted by atomic mass is 35.5. The van der Waals surface area contributed by atoms with Crippen molar-refractivity contribution in [3.63, 3.8) is 0 Å². The Morgan fingerprint density at radius 1 is 1.10 bits per heavy atom. The van der Waals surface area contributed by atoms with E-state index in [2.05, 4.69) is 32.7 Å². The van der Waals surface area contributed by atoms with Gasteiger partial charge in [-0.1, -0.05) is 35.8 Å². The van der Waals surface area contributed by atoms with Gasteiger partial charge in [-0.15, -0.1) is 0 Å². The zero-order chi connectivity index (χ0) is 35.8. The number of carboxylic acid groups (broad SMARTS) is 1. The van der Waals surface area contributed by atoms with Crippen LogP contribution in [-0.4, -0.2) is 84.1 Å². The Morgan fingerprint density at radius 2 is 1.75 bits per heavy atom. The third-order valence-electron chi connectivity index (χ3n) is 6.57. The number of methoxy groups -OCH3 is 1. The second-order valence-corrected chi connectivity index (χ2v) is 12.5. The monoisotopic (exact) mass is 734 g/mol. The molecule has 258 valence electrons. The van der Waals surface area contributed by atoms with Gasteiger partial charge in [-0.2, -0.15) is 22.6 Å². The van der Waals surface area contributed by atoms with E-state index in [4.69, 9.17) is 37.8 Å². The summed E-state index contributed by atoms with van der Waals surface area (Å²) in [6.45, 7) is 3.71. The summed E-state index contributed by atoms with van der Waals surface area (Å²) >= 11 is 12.4. The van der Waals surface area contributed by atoms with Crippen molar-refractivity contribution in [2.24, 2.45) is 0 Å². The molecule has 0 radical (unpaired) electrons. The van der Waals surface area contributed by atoms with E-state index in [1.54, 1.807) is 6.07 Å². The third kappa shape index (κ3) is 9.46. The number of anilines is 2. The molecule has 2 aromatic carbocycles. The summed E-state index contributed by atoms with van der Waals surface area (Å²) in [5, 5.41) is 21.6. The van der Waals surface area contributed by atoms with Gasteiger partial charge < -0.3 is 25.8 Å². The lowest BCUT2D eigenvalue weighted by atomic mass is 10.1. The highest BCUT2D eigenvalue weighted by molar-refractivity contribution is 7.89. The Morgan fingerprint density at radius 3 is 2.33 bits per heavy atom. The quantitative estimate of drug-likeness (QED) is 0.199. The molecule has 0 bridgehead atoms. The van der Waals surface area contributed by atoms with E-state index in [1.807, 2.05) is 0 Å². The van der Waals surface area contributed by atoms with Gasteiger partial charge in [0.1, 0.15) is 11.4 Å². The van der Waals surface area contributed by atoms with Crippen LogP contribution in [0.1, 0.15) is 33.7 Å². The molecule has 2 heterocycles. The number of rotatable bonds is 9. The Labute approximate surface area is 281 Å². The summed E-state index contributed by atoms with van der Waals surface area (Å²) in [6.07, 6.45) is -2.02. The number of hydrogen-bond donors (Lipinski definition) is 5. The number of aromatic nitrogens is 2. The number of carbonyl (C=O) groups is 4. The van der Waals surface area contributed by atoms with Gasteiger partial charge >= 0.3 is 12.1 Å². The van der Waals surface area contributed by atoms with Gasteiger partial charge in [0.05, 0.1) is 39.5 Å². The molecule has 0 atom stereocenters. The number of sulfonamides is 1. The zero-order valence-electron chi connectivity index (χ0n) is 24.7.